The number of hydrogen-bond donors (Lipinski definition) is 1. The molecule has 2 aromatic carbocycles. The van der Waals surface area contributed by atoms with Crippen LogP contribution in [0, 0.1) is 6.92 Å². The summed E-state index contributed by atoms with van der Waals surface area (Å²) < 4.78 is 15.9. The largest absolute Gasteiger partial charge is 1.00 e. The van der Waals surface area contributed by atoms with Crippen LogP contribution in [0.15, 0.2) is 42.5 Å². The molecule has 2 aromatic rings. The molecular weight excluding hydrogens is 299 g/mol. The SMILES string of the molecule is COc1cc(COc2ccccc2O)cc(OC)c1.[CH2-]CCC.[Li+]. The summed E-state index contributed by atoms with van der Waals surface area (Å²) in [6.45, 7) is 6.05. The van der Waals surface area contributed by atoms with Crippen molar-refractivity contribution in [2.24, 2.45) is 0 Å². The van der Waals surface area contributed by atoms with Gasteiger partial charge in [0.25, 0.3) is 0 Å². The molecule has 0 spiro atoms. The zero-order valence-corrected chi connectivity index (χ0v) is 15.0. The van der Waals surface area contributed by atoms with Crippen LogP contribution < -0.4 is 33.1 Å². The molecule has 2 rings (SSSR count). The molecule has 4 nitrogen and oxygen atoms in total. The number of para-hydroxylation sites is 2. The van der Waals surface area contributed by atoms with Crippen molar-refractivity contribution in [3.63, 3.8) is 0 Å². The average Bonchev–Trinajstić information content (AvgIpc) is 2.60. The second-order valence-corrected chi connectivity index (χ2v) is 4.83. The Labute approximate surface area is 156 Å². The Kier molecular flexibility index (Phi) is 11.7. The molecule has 0 fully saturated rings. The van der Waals surface area contributed by atoms with Crippen molar-refractivity contribution < 1.29 is 38.2 Å². The summed E-state index contributed by atoms with van der Waals surface area (Å²) >= 11 is 0. The van der Waals surface area contributed by atoms with E-state index in [0.29, 0.717) is 23.9 Å². The van der Waals surface area contributed by atoms with E-state index >= 15 is 0 Å². The average molecular weight is 324 g/mol. The summed E-state index contributed by atoms with van der Waals surface area (Å²) in [7, 11) is 3.20. The molecule has 0 bridgehead atoms. The predicted molar refractivity (Wildman–Crippen MR) is 92.2 cm³/mol. The molecule has 0 heterocycles. The number of phenols is 1. The summed E-state index contributed by atoms with van der Waals surface area (Å²) in [6.07, 6.45) is 2.28. The van der Waals surface area contributed by atoms with Gasteiger partial charge in [-0.25, -0.2) is 0 Å². The van der Waals surface area contributed by atoms with E-state index in [1.165, 1.54) is 6.42 Å². The fourth-order valence-electron chi connectivity index (χ4n) is 1.69. The Hall–Kier alpha value is -1.76. The van der Waals surface area contributed by atoms with Gasteiger partial charge in [0.2, 0.25) is 0 Å². The second-order valence-electron chi connectivity index (χ2n) is 4.83. The molecule has 0 aromatic heterocycles. The van der Waals surface area contributed by atoms with Crippen LogP contribution in [0.5, 0.6) is 23.0 Å². The van der Waals surface area contributed by atoms with Gasteiger partial charge in [-0.05, 0) is 29.8 Å². The number of ether oxygens (including phenoxy) is 3. The van der Waals surface area contributed by atoms with E-state index in [4.69, 9.17) is 14.2 Å². The van der Waals surface area contributed by atoms with Gasteiger partial charge in [0, 0.05) is 6.07 Å². The third-order valence-corrected chi connectivity index (χ3v) is 3.02. The molecule has 0 aliphatic rings. The van der Waals surface area contributed by atoms with Crippen LogP contribution in [0.25, 0.3) is 0 Å². The Morgan fingerprint density at radius 1 is 1.00 bits per heavy atom. The van der Waals surface area contributed by atoms with Crippen LogP contribution in [0.3, 0.4) is 0 Å². The minimum Gasteiger partial charge on any atom is -0.504 e. The first-order valence-corrected chi connectivity index (χ1v) is 7.56. The first-order chi connectivity index (χ1) is 11.1. The van der Waals surface area contributed by atoms with Gasteiger partial charge in [0.1, 0.15) is 18.1 Å². The van der Waals surface area contributed by atoms with E-state index in [9.17, 15) is 5.11 Å². The number of aromatic hydroxyl groups is 1. The molecular formula is C19H25LiO4. The maximum absolute atomic E-state index is 9.62. The minimum absolute atomic E-state index is 0. The normalized spacial score (nSPS) is 9.17. The topological polar surface area (TPSA) is 47.9 Å². The minimum atomic E-state index is 0. The van der Waals surface area contributed by atoms with Crippen molar-refractivity contribution in [3.8, 4) is 23.0 Å². The molecule has 0 radical (unpaired) electrons. The van der Waals surface area contributed by atoms with E-state index in [1.54, 1.807) is 44.6 Å². The number of benzene rings is 2. The van der Waals surface area contributed by atoms with Gasteiger partial charge in [-0.15, -0.1) is 0 Å². The monoisotopic (exact) mass is 324 g/mol. The smallest absolute Gasteiger partial charge is 0.504 e. The Morgan fingerprint density at radius 2 is 1.54 bits per heavy atom. The summed E-state index contributed by atoms with van der Waals surface area (Å²) in [5, 5.41) is 9.62. The molecule has 0 aliphatic heterocycles. The van der Waals surface area contributed by atoms with Crippen molar-refractivity contribution >= 4 is 0 Å². The van der Waals surface area contributed by atoms with Gasteiger partial charge in [-0.2, -0.15) is 6.42 Å². The number of methoxy groups -OCH3 is 2. The van der Waals surface area contributed by atoms with Crippen molar-refractivity contribution in [2.75, 3.05) is 14.2 Å². The Morgan fingerprint density at radius 3 is 2.00 bits per heavy atom. The van der Waals surface area contributed by atoms with Crippen LogP contribution in [-0.2, 0) is 6.61 Å². The van der Waals surface area contributed by atoms with Crippen LogP contribution >= 0.6 is 0 Å². The summed E-state index contributed by atoms with van der Waals surface area (Å²) in [4.78, 5) is 0. The van der Waals surface area contributed by atoms with E-state index in [1.807, 2.05) is 12.1 Å². The molecule has 126 valence electrons. The summed E-state index contributed by atoms with van der Waals surface area (Å²) in [5.41, 5.74) is 0.902. The van der Waals surface area contributed by atoms with E-state index in [2.05, 4.69) is 13.8 Å². The predicted octanol–water partition coefficient (Wildman–Crippen LogP) is 1.61. The summed E-state index contributed by atoms with van der Waals surface area (Å²) in [5.74, 6) is 1.98. The standard InChI is InChI=1S/C15H16O4.C4H9.Li/c1-17-12-7-11(8-13(9-12)18-2)10-19-15-6-4-3-5-14(15)16;1-3-4-2;/h3-9,16H,10H2,1-2H3;1,3-4H2,2H3;/q;-1;+1. The zero-order chi connectivity index (χ0) is 17.1. The molecule has 5 heteroatoms. The fraction of sp³-hybridized carbons (Fsp3) is 0.316. The number of phenolic OH excluding ortho intramolecular Hbond substituents is 1. The maximum Gasteiger partial charge on any atom is 1.00 e. The van der Waals surface area contributed by atoms with Crippen LogP contribution in [0.2, 0.25) is 0 Å². The van der Waals surface area contributed by atoms with Gasteiger partial charge in [-0.3, -0.25) is 0 Å². The molecule has 0 unspecified atom stereocenters. The fourth-order valence-corrected chi connectivity index (χ4v) is 1.69. The quantitative estimate of drug-likeness (QED) is 0.648. The maximum atomic E-state index is 9.62. The van der Waals surface area contributed by atoms with Gasteiger partial charge < -0.3 is 26.2 Å². The van der Waals surface area contributed by atoms with E-state index in [-0.39, 0.29) is 24.6 Å². The van der Waals surface area contributed by atoms with Gasteiger partial charge in [0.05, 0.1) is 14.2 Å². The third-order valence-electron chi connectivity index (χ3n) is 3.02. The van der Waals surface area contributed by atoms with E-state index < -0.39 is 0 Å². The molecule has 0 atom stereocenters. The van der Waals surface area contributed by atoms with Crippen molar-refractivity contribution in [2.45, 2.75) is 26.4 Å². The molecule has 24 heavy (non-hydrogen) atoms. The van der Waals surface area contributed by atoms with Crippen molar-refractivity contribution in [1.82, 2.24) is 0 Å². The second kappa shape index (κ2) is 12.6. The van der Waals surface area contributed by atoms with Gasteiger partial charge >= 0.3 is 18.9 Å². The number of rotatable bonds is 6. The molecule has 0 amide bonds. The van der Waals surface area contributed by atoms with Crippen molar-refractivity contribution in [1.29, 1.82) is 0 Å². The number of unbranched alkanes of at least 4 members (excludes halogenated alkanes) is 1. The van der Waals surface area contributed by atoms with Gasteiger partial charge in [0.15, 0.2) is 11.5 Å². The summed E-state index contributed by atoms with van der Waals surface area (Å²) in [6, 6.07) is 12.4. The molecule has 1 N–H and O–H groups in total. The van der Waals surface area contributed by atoms with E-state index in [0.717, 1.165) is 12.0 Å². The van der Waals surface area contributed by atoms with Crippen molar-refractivity contribution in [3.05, 3.63) is 55.0 Å². The molecule has 0 saturated carbocycles. The first-order valence-electron chi connectivity index (χ1n) is 7.56. The first kappa shape index (κ1) is 22.2. The van der Waals surface area contributed by atoms with Crippen LogP contribution in [0.1, 0.15) is 25.3 Å². The Balaban J connectivity index is 0.000000954. The third kappa shape index (κ3) is 7.68. The van der Waals surface area contributed by atoms with Crippen LogP contribution in [0.4, 0.5) is 0 Å². The Bertz CT molecular complexity index is 563. The van der Waals surface area contributed by atoms with Gasteiger partial charge in [-0.1, -0.05) is 25.5 Å². The zero-order valence-electron chi connectivity index (χ0n) is 15.0. The molecule has 0 saturated heterocycles. The van der Waals surface area contributed by atoms with Crippen LogP contribution in [-0.4, -0.2) is 19.3 Å². The molecule has 0 aliphatic carbocycles. The number of hydrogen-bond acceptors (Lipinski definition) is 4.